The molecule has 2 aromatic heterocycles. The first-order chi connectivity index (χ1) is 11.3. The van der Waals surface area contributed by atoms with E-state index in [4.69, 9.17) is 9.40 Å². The van der Waals surface area contributed by atoms with Gasteiger partial charge in [-0.1, -0.05) is 13.3 Å². The number of hydrogen-bond acceptors (Lipinski definition) is 5. The van der Waals surface area contributed by atoms with Gasteiger partial charge in [0, 0.05) is 43.0 Å². The number of nitrogens with zero attached hydrogens (tertiary/aromatic N) is 3. The molecule has 1 aliphatic rings. The topological polar surface area (TPSA) is 54.2 Å². The fourth-order valence-corrected chi connectivity index (χ4v) is 3.15. The summed E-state index contributed by atoms with van der Waals surface area (Å²) in [6, 6.07) is 2.58. The van der Waals surface area contributed by atoms with E-state index < -0.39 is 0 Å². The molecule has 1 fully saturated rings. The number of anilines is 1. The number of rotatable bonds is 6. The van der Waals surface area contributed by atoms with E-state index in [-0.39, 0.29) is 0 Å². The van der Waals surface area contributed by atoms with Crippen LogP contribution in [0.5, 0.6) is 0 Å². The van der Waals surface area contributed by atoms with Crippen LogP contribution in [0.3, 0.4) is 0 Å². The lowest BCUT2D eigenvalue weighted by Crippen LogP contribution is -2.43. The van der Waals surface area contributed by atoms with E-state index in [0.717, 1.165) is 57.0 Å². The zero-order valence-corrected chi connectivity index (χ0v) is 14.1. The second-order valence-electron chi connectivity index (χ2n) is 6.29. The monoisotopic (exact) mass is 314 g/mol. The summed E-state index contributed by atoms with van der Waals surface area (Å²) < 4.78 is 5.11. The van der Waals surface area contributed by atoms with Gasteiger partial charge in [-0.2, -0.15) is 0 Å². The van der Waals surface area contributed by atoms with Gasteiger partial charge in [0.25, 0.3) is 0 Å². The molecule has 23 heavy (non-hydrogen) atoms. The molecule has 1 saturated heterocycles. The van der Waals surface area contributed by atoms with Gasteiger partial charge in [-0.15, -0.1) is 0 Å². The van der Waals surface area contributed by atoms with E-state index in [2.05, 4.69) is 22.1 Å². The molecule has 1 aliphatic heterocycles. The normalized spacial score (nSPS) is 16.0. The SMILES string of the molecule is CCCc1cnc(C)nc1N1CCC(NCc2ccoc2)CC1. The van der Waals surface area contributed by atoms with Gasteiger partial charge < -0.3 is 14.6 Å². The van der Waals surface area contributed by atoms with Gasteiger partial charge >= 0.3 is 0 Å². The maximum atomic E-state index is 5.11. The maximum Gasteiger partial charge on any atom is 0.135 e. The Balaban J connectivity index is 1.57. The highest BCUT2D eigenvalue weighted by Gasteiger charge is 2.22. The Morgan fingerprint density at radius 3 is 2.87 bits per heavy atom. The maximum absolute atomic E-state index is 5.11. The molecule has 0 saturated carbocycles. The summed E-state index contributed by atoms with van der Waals surface area (Å²) >= 11 is 0. The van der Waals surface area contributed by atoms with Crippen molar-refractivity contribution < 1.29 is 4.42 Å². The highest BCUT2D eigenvalue weighted by Crippen LogP contribution is 2.23. The van der Waals surface area contributed by atoms with E-state index in [1.165, 1.54) is 11.1 Å². The molecule has 5 heteroatoms. The summed E-state index contributed by atoms with van der Waals surface area (Å²) in [6.07, 6.45) is 10.0. The van der Waals surface area contributed by atoms with Gasteiger partial charge in [0.2, 0.25) is 0 Å². The molecule has 0 radical (unpaired) electrons. The van der Waals surface area contributed by atoms with E-state index in [9.17, 15) is 0 Å². The lowest BCUT2D eigenvalue weighted by Gasteiger charge is -2.34. The van der Waals surface area contributed by atoms with Crippen molar-refractivity contribution in [3.05, 3.63) is 41.7 Å². The van der Waals surface area contributed by atoms with Crippen LogP contribution in [0.15, 0.2) is 29.2 Å². The summed E-state index contributed by atoms with van der Waals surface area (Å²) in [6.45, 7) is 7.16. The zero-order valence-electron chi connectivity index (χ0n) is 14.1. The number of aryl methyl sites for hydroxylation is 2. The van der Waals surface area contributed by atoms with Crippen LogP contribution < -0.4 is 10.2 Å². The molecule has 0 atom stereocenters. The molecule has 0 unspecified atom stereocenters. The van der Waals surface area contributed by atoms with Crippen molar-refractivity contribution in [1.29, 1.82) is 0 Å². The summed E-state index contributed by atoms with van der Waals surface area (Å²) in [5.74, 6) is 2.01. The Morgan fingerprint density at radius 1 is 1.35 bits per heavy atom. The van der Waals surface area contributed by atoms with Crippen LogP contribution >= 0.6 is 0 Å². The summed E-state index contributed by atoms with van der Waals surface area (Å²) in [5, 5.41) is 3.63. The average molecular weight is 314 g/mol. The molecule has 0 spiro atoms. The Morgan fingerprint density at radius 2 is 2.17 bits per heavy atom. The number of nitrogens with one attached hydrogen (secondary N) is 1. The van der Waals surface area contributed by atoms with Crippen molar-refractivity contribution in [3.63, 3.8) is 0 Å². The molecule has 3 heterocycles. The summed E-state index contributed by atoms with van der Waals surface area (Å²) in [7, 11) is 0. The molecule has 0 aromatic carbocycles. The fourth-order valence-electron chi connectivity index (χ4n) is 3.15. The van der Waals surface area contributed by atoms with Crippen molar-refractivity contribution in [1.82, 2.24) is 15.3 Å². The van der Waals surface area contributed by atoms with Crippen LogP contribution in [-0.4, -0.2) is 29.1 Å². The molecular formula is C18H26N4O. The minimum absolute atomic E-state index is 0.568. The van der Waals surface area contributed by atoms with Crippen LogP contribution in [0, 0.1) is 6.92 Å². The van der Waals surface area contributed by atoms with E-state index >= 15 is 0 Å². The largest absolute Gasteiger partial charge is 0.472 e. The minimum atomic E-state index is 0.568. The molecule has 0 amide bonds. The molecule has 5 nitrogen and oxygen atoms in total. The van der Waals surface area contributed by atoms with Crippen LogP contribution in [0.4, 0.5) is 5.82 Å². The van der Waals surface area contributed by atoms with Crippen LogP contribution in [-0.2, 0) is 13.0 Å². The Kier molecular flexibility index (Phi) is 5.28. The highest BCUT2D eigenvalue weighted by atomic mass is 16.3. The van der Waals surface area contributed by atoms with Crippen molar-refractivity contribution in [2.75, 3.05) is 18.0 Å². The third-order valence-corrected chi connectivity index (χ3v) is 4.45. The first-order valence-corrected chi connectivity index (χ1v) is 8.58. The number of aromatic nitrogens is 2. The van der Waals surface area contributed by atoms with Gasteiger partial charge in [0.15, 0.2) is 0 Å². The predicted octanol–water partition coefficient (Wildman–Crippen LogP) is 3.09. The summed E-state index contributed by atoms with van der Waals surface area (Å²) in [4.78, 5) is 11.5. The highest BCUT2D eigenvalue weighted by molar-refractivity contribution is 5.46. The number of furan rings is 1. The molecule has 0 aliphatic carbocycles. The lowest BCUT2D eigenvalue weighted by atomic mass is 10.0. The van der Waals surface area contributed by atoms with Crippen molar-refractivity contribution in [2.24, 2.45) is 0 Å². The lowest BCUT2D eigenvalue weighted by molar-refractivity contribution is 0.411. The molecule has 0 bridgehead atoms. The molecular weight excluding hydrogens is 288 g/mol. The fraction of sp³-hybridized carbons (Fsp3) is 0.556. The number of hydrogen-bond donors (Lipinski definition) is 1. The molecule has 124 valence electrons. The van der Waals surface area contributed by atoms with Gasteiger partial charge in [-0.3, -0.25) is 0 Å². The quantitative estimate of drug-likeness (QED) is 0.888. The van der Waals surface area contributed by atoms with E-state index in [1.807, 2.05) is 25.5 Å². The van der Waals surface area contributed by atoms with E-state index in [0.29, 0.717) is 6.04 Å². The summed E-state index contributed by atoms with van der Waals surface area (Å²) in [5.41, 5.74) is 2.49. The van der Waals surface area contributed by atoms with Gasteiger partial charge in [0.1, 0.15) is 11.6 Å². The second kappa shape index (κ2) is 7.59. The Hall–Kier alpha value is -1.88. The average Bonchev–Trinajstić information content (AvgIpc) is 3.09. The predicted molar refractivity (Wildman–Crippen MR) is 91.5 cm³/mol. The smallest absolute Gasteiger partial charge is 0.135 e. The number of piperidine rings is 1. The van der Waals surface area contributed by atoms with Crippen molar-refractivity contribution in [2.45, 2.75) is 52.1 Å². The van der Waals surface area contributed by atoms with Gasteiger partial charge in [-0.05, 0) is 32.3 Å². The van der Waals surface area contributed by atoms with Gasteiger partial charge in [-0.25, -0.2) is 9.97 Å². The van der Waals surface area contributed by atoms with Crippen molar-refractivity contribution >= 4 is 5.82 Å². The first-order valence-electron chi connectivity index (χ1n) is 8.58. The first kappa shape index (κ1) is 16.0. The molecule has 1 N–H and O–H groups in total. The standard InChI is InChI=1S/C18H26N4O/c1-3-4-16-12-19-14(2)21-18(16)22-8-5-17(6-9-22)20-11-15-7-10-23-13-15/h7,10,12-13,17,20H,3-6,8-9,11H2,1-2H3. The molecule has 3 rings (SSSR count). The third kappa shape index (κ3) is 4.10. The third-order valence-electron chi connectivity index (χ3n) is 4.45. The van der Waals surface area contributed by atoms with Crippen LogP contribution in [0.25, 0.3) is 0 Å². The zero-order chi connectivity index (χ0) is 16.1. The second-order valence-corrected chi connectivity index (χ2v) is 6.29. The minimum Gasteiger partial charge on any atom is -0.472 e. The Bertz CT molecular complexity index is 603. The van der Waals surface area contributed by atoms with E-state index in [1.54, 1.807) is 6.26 Å². The molecule has 2 aromatic rings. The van der Waals surface area contributed by atoms with Crippen molar-refractivity contribution in [3.8, 4) is 0 Å². The Labute approximate surface area is 138 Å². The van der Waals surface area contributed by atoms with Gasteiger partial charge in [0.05, 0.1) is 12.5 Å². The van der Waals surface area contributed by atoms with Crippen LogP contribution in [0.1, 0.15) is 43.1 Å². The van der Waals surface area contributed by atoms with Crippen LogP contribution in [0.2, 0.25) is 0 Å².